The highest BCUT2D eigenvalue weighted by molar-refractivity contribution is 9.17. The van der Waals surface area contributed by atoms with Crippen LogP contribution in [0.4, 0.5) is 0 Å². The third-order valence-electron chi connectivity index (χ3n) is 2.42. The summed E-state index contributed by atoms with van der Waals surface area (Å²) in [4.78, 5) is 0. The molecule has 1 rings (SSSR count). The van der Waals surface area contributed by atoms with Gasteiger partial charge in [0.25, 0.3) is 0 Å². The summed E-state index contributed by atoms with van der Waals surface area (Å²) >= 11 is 14.4. The smallest absolute Gasteiger partial charge is 0.0467 e. The molecular formula is C12H14Br4. The van der Waals surface area contributed by atoms with E-state index in [9.17, 15) is 0 Å². The molecule has 0 aliphatic heterocycles. The molecule has 90 valence electrons. The van der Waals surface area contributed by atoms with Crippen LogP contribution in [0.2, 0.25) is 0 Å². The number of hydrogen-bond donors (Lipinski definition) is 0. The fourth-order valence-corrected chi connectivity index (χ4v) is 3.67. The Balaban J connectivity index is 2.93. The maximum atomic E-state index is 3.64. The van der Waals surface area contributed by atoms with E-state index >= 15 is 0 Å². The zero-order valence-electron chi connectivity index (χ0n) is 8.91. The Morgan fingerprint density at radius 1 is 0.812 bits per heavy atom. The largest absolute Gasteiger partial charge is 0.0834 e. The number of rotatable bonds is 0. The Labute approximate surface area is 131 Å². The molecule has 0 saturated carbocycles. The molecule has 0 aromatic carbocycles. The third kappa shape index (κ3) is 5.19. The minimum atomic E-state index is 1.07. The lowest BCUT2D eigenvalue weighted by molar-refractivity contribution is 0.650. The van der Waals surface area contributed by atoms with Gasteiger partial charge in [0.05, 0.1) is 0 Å². The lowest BCUT2D eigenvalue weighted by Crippen LogP contribution is -1.85. The molecule has 4 heteroatoms. The molecule has 0 aromatic rings. The van der Waals surface area contributed by atoms with Gasteiger partial charge < -0.3 is 0 Å². The zero-order chi connectivity index (χ0) is 12.0. The molecule has 0 fully saturated rings. The van der Waals surface area contributed by atoms with E-state index < -0.39 is 0 Å². The fourth-order valence-electron chi connectivity index (χ4n) is 1.49. The molecule has 16 heavy (non-hydrogen) atoms. The second-order valence-corrected chi connectivity index (χ2v) is 7.13. The number of hydrogen-bond acceptors (Lipinski definition) is 0. The highest BCUT2D eigenvalue weighted by atomic mass is 79.9. The SMILES string of the molecule is BrC1=C(Br)/C(Br)=C(/Br)CCCCCC/C=C\1. The Kier molecular flexibility index (Phi) is 7.86. The second kappa shape index (κ2) is 8.28. The van der Waals surface area contributed by atoms with Crippen molar-refractivity contribution in [2.45, 2.75) is 38.5 Å². The first kappa shape index (κ1) is 15.2. The van der Waals surface area contributed by atoms with Gasteiger partial charge in [-0.05, 0) is 73.5 Å². The first-order valence-electron chi connectivity index (χ1n) is 5.39. The summed E-state index contributed by atoms with van der Waals surface area (Å²) in [5.74, 6) is 0. The summed E-state index contributed by atoms with van der Waals surface area (Å²) in [6, 6.07) is 0. The molecule has 1 aliphatic carbocycles. The van der Waals surface area contributed by atoms with Crippen molar-refractivity contribution in [1.29, 1.82) is 0 Å². The number of halogens is 4. The summed E-state index contributed by atoms with van der Waals surface area (Å²) < 4.78 is 4.47. The standard InChI is InChI=1S/C12H14Br4/c13-9-7-5-3-1-2-4-6-8-10(14)12(16)11(9)15/h5,7H,1-4,6,8H2/b7-5-,11-9-,12-10-. The molecule has 0 amide bonds. The van der Waals surface area contributed by atoms with E-state index in [0.29, 0.717) is 0 Å². The summed E-state index contributed by atoms with van der Waals surface area (Å²) in [6.07, 6.45) is 11.8. The summed E-state index contributed by atoms with van der Waals surface area (Å²) in [5.41, 5.74) is 0. The van der Waals surface area contributed by atoms with Crippen LogP contribution in [0, 0.1) is 0 Å². The van der Waals surface area contributed by atoms with Crippen LogP contribution in [0.1, 0.15) is 38.5 Å². The van der Waals surface area contributed by atoms with Crippen molar-refractivity contribution in [2.24, 2.45) is 0 Å². The first-order chi connectivity index (χ1) is 7.63. The molecule has 0 aromatic heterocycles. The molecule has 1 aliphatic rings. The van der Waals surface area contributed by atoms with Crippen molar-refractivity contribution < 1.29 is 0 Å². The van der Waals surface area contributed by atoms with Crippen LogP contribution >= 0.6 is 63.7 Å². The Morgan fingerprint density at radius 2 is 1.50 bits per heavy atom. The molecule has 0 bridgehead atoms. The van der Waals surface area contributed by atoms with E-state index in [-0.39, 0.29) is 0 Å². The Morgan fingerprint density at radius 3 is 2.25 bits per heavy atom. The van der Waals surface area contributed by atoms with Gasteiger partial charge in [0.2, 0.25) is 0 Å². The molecule has 0 nitrogen and oxygen atoms in total. The van der Waals surface area contributed by atoms with Gasteiger partial charge in [-0.2, -0.15) is 0 Å². The molecule has 0 heterocycles. The molecule has 0 spiro atoms. The van der Waals surface area contributed by atoms with E-state index in [1.165, 1.54) is 30.2 Å². The van der Waals surface area contributed by atoms with E-state index in [0.717, 1.165) is 26.3 Å². The monoisotopic (exact) mass is 474 g/mol. The van der Waals surface area contributed by atoms with Crippen molar-refractivity contribution in [3.05, 3.63) is 30.1 Å². The van der Waals surface area contributed by atoms with Gasteiger partial charge in [0.15, 0.2) is 0 Å². The lowest BCUT2D eigenvalue weighted by Gasteiger charge is -2.07. The molecule has 0 atom stereocenters. The van der Waals surface area contributed by atoms with Gasteiger partial charge in [-0.15, -0.1) is 0 Å². The van der Waals surface area contributed by atoms with Gasteiger partial charge in [-0.25, -0.2) is 0 Å². The fraction of sp³-hybridized carbons (Fsp3) is 0.500. The highest BCUT2D eigenvalue weighted by Crippen LogP contribution is 2.36. The van der Waals surface area contributed by atoms with Crippen molar-refractivity contribution in [3.63, 3.8) is 0 Å². The van der Waals surface area contributed by atoms with Gasteiger partial charge in [0.1, 0.15) is 0 Å². The average Bonchev–Trinajstić information content (AvgIpc) is 2.28. The van der Waals surface area contributed by atoms with E-state index in [4.69, 9.17) is 0 Å². The summed E-state index contributed by atoms with van der Waals surface area (Å²) in [6.45, 7) is 0. The maximum absolute atomic E-state index is 3.64. The van der Waals surface area contributed by atoms with Crippen molar-refractivity contribution >= 4 is 63.7 Å². The van der Waals surface area contributed by atoms with Crippen LogP contribution in [0.5, 0.6) is 0 Å². The van der Waals surface area contributed by atoms with Crippen molar-refractivity contribution in [2.75, 3.05) is 0 Å². The minimum Gasteiger partial charge on any atom is -0.0834 e. The quantitative estimate of drug-likeness (QED) is 0.356. The molecule has 0 saturated heterocycles. The van der Waals surface area contributed by atoms with Crippen LogP contribution in [0.25, 0.3) is 0 Å². The molecular weight excluding hydrogens is 464 g/mol. The van der Waals surface area contributed by atoms with E-state index in [2.05, 4.69) is 75.9 Å². The van der Waals surface area contributed by atoms with Gasteiger partial charge in [-0.1, -0.05) is 40.9 Å². The molecule has 0 radical (unpaired) electrons. The van der Waals surface area contributed by atoms with Crippen molar-refractivity contribution in [1.82, 2.24) is 0 Å². The molecule has 0 N–H and O–H groups in total. The van der Waals surface area contributed by atoms with Gasteiger partial charge >= 0.3 is 0 Å². The van der Waals surface area contributed by atoms with Crippen LogP contribution in [0.3, 0.4) is 0 Å². The van der Waals surface area contributed by atoms with E-state index in [1.807, 2.05) is 0 Å². The second-order valence-electron chi connectivity index (χ2n) is 3.74. The topological polar surface area (TPSA) is 0 Å². The van der Waals surface area contributed by atoms with Crippen molar-refractivity contribution in [3.8, 4) is 0 Å². The normalized spacial score (nSPS) is 31.8. The van der Waals surface area contributed by atoms with Crippen LogP contribution in [-0.2, 0) is 0 Å². The first-order valence-corrected chi connectivity index (χ1v) is 8.56. The van der Waals surface area contributed by atoms with E-state index in [1.54, 1.807) is 0 Å². The highest BCUT2D eigenvalue weighted by Gasteiger charge is 2.08. The predicted molar refractivity (Wildman–Crippen MR) is 86.6 cm³/mol. The Bertz CT molecular complexity index is 326. The van der Waals surface area contributed by atoms with Crippen LogP contribution in [0.15, 0.2) is 30.1 Å². The summed E-state index contributed by atoms with van der Waals surface area (Å²) in [7, 11) is 0. The maximum Gasteiger partial charge on any atom is 0.0467 e. The minimum absolute atomic E-state index is 1.07. The third-order valence-corrected chi connectivity index (χ3v) is 7.17. The average molecular weight is 478 g/mol. The van der Waals surface area contributed by atoms with Gasteiger partial charge in [0, 0.05) is 17.9 Å². The van der Waals surface area contributed by atoms with Gasteiger partial charge in [-0.3, -0.25) is 0 Å². The Hall–Kier alpha value is 1.14. The lowest BCUT2D eigenvalue weighted by atomic mass is 10.1. The number of allylic oxidation sites excluding steroid dienone is 6. The van der Waals surface area contributed by atoms with Crippen LogP contribution < -0.4 is 0 Å². The summed E-state index contributed by atoms with van der Waals surface area (Å²) in [5, 5.41) is 0. The van der Waals surface area contributed by atoms with Crippen LogP contribution in [-0.4, -0.2) is 0 Å². The predicted octanol–water partition coefficient (Wildman–Crippen LogP) is 6.90. The molecule has 0 unspecified atom stereocenters. The zero-order valence-corrected chi connectivity index (χ0v) is 15.3.